The van der Waals surface area contributed by atoms with E-state index in [2.05, 4.69) is 0 Å². The fourth-order valence-electron chi connectivity index (χ4n) is 4.05. The molecule has 2 amide bonds. The predicted octanol–water partition coefficient (Wildman–Crippen LogP) is 3.64. The van der Waals surface area contributed by atoms with E-state index in [4.69, 9.17) is 9.47 Å². The summed E-state index contributed by atoms with van der Waals surface area (Å²) in [7, 11) is -0.950. The van der Waals surface area contributed by atoms with Crippen molar-refractivity contribution < 1.29 is 27.5 Å². The molecule has 1 atom stereocenters. The second-order valence-corrected chi connectivity index (χ2v) is 11.2. The summed E-state index contributed by atoms with van der Waals surface area (Å²) in [5, 5.41) is 1.67. The van der Waals surface area contributed by atoms with Crippen LogP contribution in [0.1, 0.15) is 17.5 Å². The fourth-order valence-corrected chi connectivity index (χ4v) is 6.75. The minimum Gasteiger partial charge on any atom is -0.493 e. The molecular weight excluding hydrogens is 488 g/mol. The lowest BCUT2D eigenvalue weighted by Crippen LogP contribution is -2.46. The van der Waals surface area contributed by atoms with Gasteiger partial charge in [0, 0.05) is 6.54 Å². The van der Waals surface area contributed by atoms with Crippen LogP contribution >= 0.6 is 11.3 Å². The lowest BCUT2D eigenvalue weighted by Gasteiger charge is -2.26. The van der Waals surface area contributed by atoms with Gasteiger partial charge in [-0.2, -0.15) is 4.31 Å². The normalized spacial score (nSPS) is 16.2. The van der Waals surface area contributed by atoms with Crippen LogP contribution in [0.15, 0.2) is 64.2 Å². The summed E-state index contributed by atoms with van der Waals surface area (Å²) in [4.78, 5) is 27.4. The van der Waals surface area contributed by atoms with E-state index in [0.29, 0.717) is 23.6 Å². The third kappa shape index (κ3) is 4.95. The third-order valence-electron chi connectivity index (χ3n) is 5.89. The molecule has 0 bridgehead atoms. The van der Waals surface area contributed by atoms with Crippen molar-refractivity contribution >= 4 is 38.9 Å². The van der Waals surface area contributed by atoms with Gasteiger partial charge in [0.05, 0.1) is 26.3 Å². The molecule has 184 valence electrons. The Balaban J connectivity index is 1.66. The number of carbonyl (C=O) groups excluding carboxylic acids is 2. The van der Waals surface area contributed by atoms with Gasteiger partial charge in [-0.05, 0) is 54.6 Å². The Morgan fingerprint density at radius 2 is 1.74 bits per heavy atom. The van der Waals surface area contributed by atoms with Crippen LogP contribution in [0.2, 0.25) is 0 Å². The second kappa shape index (κ2) is 10.2. The first-order valence-corrected chi connectivity index (χ1v) is 13.3. The monoisotopic (exact) mass is 514 g/mol. The summed E-state index contributed by atoms with van der Waals surface area (Å²) in [6.45, 7) is 1.92. The van der Waals surface area contributed by atoms with Crippen molar-refractivity contribution in [3.05, 3.63) is 71.1 Å². The SMILES string of the molecule is COc1ccc(CCN(C2CC(=O)N(c3ccc(C)cc3)C2=O)S(=O)(=O)c2cccs2)cc1OC. The molecule has 0 saturated carbocycles. The maximum absolute atomic E-state index is 13.6. The first-order valence-electron chi connectivity index (χ1n) is 11.0. The van der Waals surface area contributed by atoms with E-state index < -0.39 is 27.9 Å². The first-order chi connectivity index (χ1) is 16.8. The Morgan fingerprint density at radius 1 is 1.03 bits per heavy atom. The highest BCUT2D eigenvalue weighted by Gasteiger charge is 2.47. The van der Waals surface area contributed by atoms with Crippen LogP contribution in [-0.4, -0.2) is 51.3 Å². The highest BCUT2D eigenvalue weighted by atomic mass is 32.2. The van der Waals surface area contributed by atoms with Gasteiger partial charge in [0.15, 0.2) is 11.5 Å². The predicted molar refractivity (Wildman–Crippen MR) is 134 cm³/mol. The van der Waals surface area contributed by atoms with Crippen molar-refractivity contribution in [3.8, 4) is 11.5 Å². The third-order valence-corrected chi connectivity index (χ3v) is 9.17. The number of rotatable bonds is 9. The minimum absolute atomic E-state index is 0.0150. The Kier molecular flexibility index (Phi) is 7.25. The number of anilines is 1. The molecular formula is C25H26N2O6S2. The lowest BCUT2D eigenvalue weighted by molar-refractivity contribution is -0.122. The van der Waals surface area contributed by atoms with Crippen molar-refractivity contribution in [1.29, 1.82) is 0 Å². The summed E-state index contributed by atoms with van der Waals surface area (Å²) in [5.41, 5.74) is 2.23. The van der Waals surface area contributed by atoms with Gasteiger partial charge in [0.1, 0.15) is 10.3 Å². The highest BCUT2D eigenvalue weighted by Crippen LogP contribution is 2.32. The summed E-state index contributed by atoms with van der Waals surface area (Å²) < 4.78 is 39.1. The Morgan fingerprint density at radius 3 is 2.37 bits per heavy atom. The number of aryl methyl sites for hydroxylation is 1. The van der Waals surface area contributed by atoms with E-state index in [1.807, 2.05) is 13.0 Å². The molecule has 1 aromatic heterocycles. The standard InChI is InChI=1S/C25H26N2O6S2/c1-17-6-9-19(10-7-17)27-23(28)16-20(25(27)29)26(35(30,31)24-5-4-14-34-24)13-12-18-8-11-21(32-2)22(15-18)33-3/h4-11,14-15,20H,12-13,16H2,1-3H3. The zero-order valence-corrected chi connectivity index (χ0v) is 21.3. The van der Waals surface area contributed by atoms with Crippen molar-refractivity contribution in [2.75, 3.05) is 25.7 Å². The van der Waals surface area contributed by atoms with Gasteiger partial charge in [0.2, 0.25) is 5.91 Å². The van der Waals surface area contributed by atoms with Gasteiger partial charge >= 0.3 is 0 Å². The number of methoxy groups -OCH3 is 2. The van der Waals surface area contributed by atoms with Gasteiger partial charge in [-0.1, -0.05) is 29.8 Å². The molecule has 1 saturated heterocycles. The number of amides is 2. The molecule has 3 aromatic rings. The van der Waals surface area contributed by atoms with Gasteiger partial charge in [0.25, 0.3) is 15.9 Å². The zero-order valence-electron chi connectivity index (χ0n) is 19.6. The molecule has 0 radical (unpaired) electrons. The van der Waals surface area contributed by atoms with Crippen LogP contribution in [0.4, 0.5) is 5.69 Å². The average Bonchev–Trinajstić information content (AvgIpc) is 3.49. The highest BCUT2D eigenvalue weighted by molar-refractivity contribution is 7.91. The van der Waals surface area contributed by atoms with Gasteiger partial charge in [-0.15, -0.1) is 11.3 Å². The molecule has 10 heteroatoms. The zero-order chi connectivity index (χ0) is 25.2. The molecule has 2 aromatic carbocycles. The fraction of sp³-hybridized carbons (Fsp3) is 0.280. The van der Waals surface area contributed by atoms with Crippen LogP contribution in [-0.2, 0) is 26.0 Å². The molecule has 35 heavy (non-hydrogen) atoms. The molecule has 2 heterocycles. The van der Waals surface area contributed by atoms with Crippen LogP contribution in [0.25, 0.3) is 0 Å². The molecule has 8 nitrogen and oxygen atoms in total. The topological polar surface area (TPSA) is 93.2 Å². The molecule has 0 N–H and O–H groups in total. The molecule has 1 aliphatic rings. The van der Waals surface area contributed by atoms with E-state index in [0.717, 1.165) is 31.7 Å². The van der Waals surface area contributed by atoms with E-state index in [1.54, 1.807) is 47.8 Å². The molecule has 1 aliphatic heterocycles. The van der Waals surface area contributed by atoms with Crippen molar-refractivity contribution in [3.63, 3.8) is 0 Å². The number of sulfonamides is 1. The quantitative estimate of drug-likeness (QED) is 0.405. The average molecular weight is 515 g/mol. The van der Waals surface area contributed by atoms with Crippen molar-refractivity contribution in [1.82, 2.24) is 4.31 Å². The number of hydrogen-bond donors (Lipinski definition) is 0. The van der Waals surface area contributed by atoms with Gasteiger partial charge < -0.3 is 9.47 Å². The van der Waals surface area contributed by atoms with E-state index >= 15 is 0 Å². The minimum atomic E-state index is -4.01. The number of thiophene rings is 1. The summed E-state index contributed by atoms with van der Waals surface area (Å²) in [6, 6.07) is 14.3. The van der Waals surface area contributed by atoms with Crippen LogP contribution in [0.3, 0.4) is 0 Å². The maximum atomic E-state index is 13.6. The first kappa shape index (κ1) is 24.9. The van der Waals surface area contributed by atoms with Gasteiger partial charge in [-0.3, -0.25) is 9.59 Å². The number of hydrogen-bond acceptors (Lipinski definition) is 7. The van der Waals surface area contributed by atoms with E-state index in [9.17, 15) is 18.0 Å². The molecule has 0 aliphatic carbocycles. The summed E-state index contributed by atoms with van der Waals surface area (Å²) in [6.07, 6.45) is 0.0940. The van der Waals surface area contributed by atoms with E-state index in [-0.39, 0.29) is 17.2 Å². The lowest BCUT2D eigenvalue weighted by atomic mass is 10.1. The Labute approximate surface area is 208 Å². The Bertz CT molecular complexity index is 1320. The summed E-state index contributed by atoms with van der Waals surface area (Å²) in [5.74, 6) is 0.104. The largest absolute Gasteiger partial charge is 0.493 e. The molecule has 0 spiro atoms. The molecule has 4 rings (SSSR count). The number of benzene rings is 2. The molecule has 1 fully saturated rings. The second-order valence-electron chi connectivity index (χ2n) is 8.11. The molecule has 1 unspecified atom stereocenters. The van der Waals surface area contributed by atoms with E-state index in [1.165, 1.54) is 20.3 Å². The Hall–Kier alpha value is -3.21. The smallest absolute Gasteiger partial charge is 0.253 e. The number of imide groups is 1. The van der Waals surface area contributed by atoms with Gasteiger partial charge in [-0.25, -0.2) is 13.3 Å². The maximum Gasteiger partial charge on any atom is 0.253 e. The van der Waals surface area contributed by atoms with Crippen molar-refractivity contribution in [2.45, 2.75) is 30.0 Å². The van der Waals surface area contributed by atoms with Crippen LogP contribution in [0.5, 0.6) is 11.5 Å². The van der Waals surface area contributed by atoms with Crippen LogP contribution < -0.4 is 14.4 Å². The number of carbonyl (C=O) groups is 2. The number of ether oxygens (including phenoxy) is 2. The van der Waals surface area contributed by atoms with Crippen LogP contribution in [0, 0.1) is 6.92 Å². The number of nitrogens with zero attached hydrogens (tertiary/aromatic N) is 2. The van der Waals surface area contributed by atoms with Crippen molar-refractivity contribution in [2.24, 2.45) is 0 Å². The summed E-state index contributed by atoms with van der Waals surface area (Å²) >= 11 is 1.07.